The molecule has 290 valence electrons. The van der Waals surface area contributed by atoms with E-state index in [0.717, 1.165) is 38.5 Å². The smallest absolute Gasteiger partial charge is 0.306 e. The molecule has 0 aliphatic rings. The maximum atomic E-state index is 12.3. The van der Waals surface area contributed by atoms with Crippen LogP contribution in [0.25, 0.3) is 0 Å². The summed E-state index contributed by atoms with van der Waals surface area (Å²) >= 11 is 5.29. The minimum absolute atomic E-state index is 0.130. The lowest BCUT2D eigenvalue weighted by atomic mass is 10.1. The highest BCUT2D eigenvalue weighted by Gasteiger charge is 2.15. The first-order valence-corrected chi connectivity index (χ1v) is 26.3. The van der Waals surface area contributed by atoms with E-state index in [1.54, 1.807) is 34.1 Å². The van der Waals surface area contributed by atoms with Gasteiger partial charge in [-0.3, -0.25) is 14.4 Å². The van der Waals surface area contributed by atoms with Gasteiger partial charge in [0.1, 0.15) is 0 Å². The molecule has 0 bridgehead atoms. The summed E-state index contributed by atoms with van der Waals surface area (Å²) in [7, 11) is 0. The van der Waals surface area contributed by atoms with Crippen molar-refractivity contribution in [3.05, 3.63) is 0 Å². The second-order valence-corrected chi connectivity index (χ2v) is 23.2. The Hall–Kier alpha value is -0.110. The third-order valence-electron chi connectivity index (χ3n) is 8.29. The van der Waals surface area contributed by atoms with E-state index in [0.29, 0.717) is 56.3 Å². The highest BCUT2D eigenvalue weighted by molar-refractivity contribution is 9.12. The molecule has 0 rings (SSSR count). The van der Waals surface area contributed by atoms with Gasteiger partial charge in [-0.05, 0) is 19.3 Å². The molecule has 0 unspecified atom stereocenters. The lowest BCUT2D eigenvalue weighted by Gasteiger charge is -2.15. The van der Waals surface area contributed by atoms with Gasteiger partial charge in [0.05, 0.1) is 44.6 Å². The Kier molecular flexibility index (Phi) is 40.6. The molecular formula is C39H75O6PS3. The van der Waals surface area contributed by atoms with Crippen LogP contribution in [-0.4, -0.2) is 55.0 Å². The fourth-order valence-electron chi connectivity index (χ4n) is 5.20. The van der Waals surface area contributed by atoms with E-state index in [-0.39, 0.29) is 17.9 Å². The predicted molar refractivity (Wildman–Crippen MR) is 219 cm³/mol. The zero-order valence-corrected chi connectivity index (χ0v) is 35.3. The maximum Gasteiger partial charge on any atom is 0.306 e. The topological polar surface area (TPSA) is 78.9 Å². The number of ether oxygens (including phenoxy) is 3. The molecule has 0 heterocycles. The van der Waals surface area contributed by atoms with Crippen LogP contribution in [0.15, 0.2) is 0 Å². The summed E-state index contributed by atoms with van der Waals surface area (Å²) in [6.45, 7) is 8.25. The van der Waals surface area contributed by atoms with Crippen molar-refractivity contribution in [3.63, 3.8) is 0 Å². The van der Waals surface area contributed by atoms with Crippen molar-refractivity contribution < 1.29 is 28.6 Å². The fourth-order valence-corrected chi connectivity index (χ4v) is 15.5. The monoisotopic (exact) mass is 766 g/mol. The van der Waals surface area contributed by atoms with Gasteiger partial charge >= 0.3 is 17.9 Å². The Morgan fingerprint density at radius 2 is 0.592 bits per heavy atom. The number of hydrogen-bond acceptors (Lipinski definition) is 9. The summed E-state index contributed by atoms with van der Waals surface area (Å²) in [5.41, 5.74) is -0.609. The summed E-state index contributed by atoms with van der Waals surface area (Å²) in [5, 5.41) is 0. The summed E-state index contributed by atoms with van der Waals surface area (Å²) in [4.78, 5) is 37.0. The van der Waals surface area contributed by atoms with E-state index in [9.17, 15) is 14.4 Å². The average molecular weight is 767 g/mol. The maximum absolute atomic E-state index is 12.3. The molecule has 0 radical (unpaired) electrons. The zero-order chi connectivity index (χ0) is 35.9. The minimum atomic E-state index is -0.609. The number of esters is 3. The van der Waals surface area contributed by atoms with Crippen molar-refractivity contribution in [3.8, 4) is 0 Å². The van der Waals surface area contributed by atoms with Crippen LogP contribution in [0.2, 0.25) is 0 Å². The van der Waals surface area contributed by atoms with Gasteiger partial charge in [-0.1, -0.05) is 156 Å². The molecule has 0 aromatic rings. The summed E-state index contributed by atoms with van der Waals surface area (Å²) in [5.74, 6) is 1.67. The van der Waals surface area contributed by atoms with Gasteiger partial charge in [0, 0.05) is 17.3 Å². The fraction of sp³-hybridized carbons (Fsp3) is 0.923. The van der Waals surface area contributed by atoms with E-state index < -0.39 is 5.53 Å². The summed E-state index contributed by atoms with van der Waals surface area (Å²) < 4.78 is 16.4. The van der Waals surface area contributed by atoms with Gasteiger partial charge in [0.15, 0.2) is 0 Å². The number of unbranched alkanes of at least 4 members (excludes halogenated alkanes) is 21. The third kappa shape index (κ3) is 38.9. The molecule has 0 aromatic heterocycles. The normalized spacial score (nSPS) is 11.3. The SMILES string of the molecule is CCCCCCCCCCOC(=O)CCSP(SCCC(=O)OCCCCCCCCCC)SCCC(=O)OCCCCCCCCCC. The number of carbonyl (C=O) groups is 3. The molecule has 49 heavy (non-hydrogen) atoms. The van der Waals surface area contributed by atoms with Crippen LogP contribution in [-0.2, 0) is 28.6 Å². The van der Waals surface area contributed by atoms with Crippen molar-refractivity contribution in [2.75, 3.05) is 37.1 Å². The molecule has 0 aliphatic heterocycles. The highest BCUT2D eigenvalue weighted by Crippen LogP contribution is 2.70. The van der Waals surface area contributed by atoms with Gasteiger partial charge in [0.25, 0.3) is 0 Å². The molecule has 6 nitrogen and oxygen atoms in total. The lowest BCUT2D eigenvalue weighted by molar-refractivity contribution is -0.144. The first-order chi connectivity index (χ1) is 24.0. The van der Waals surface area contributed by atoms with Crippen LogP contribution in [0.3, 0.4) is 0 Å². The van der Waals surface area contributed by atoms with E-state index in [1.165, 1.54) is 116 Å². The van der Waals surface area contributed by atoms with Gasteiger partial charge in [-0.2, -0.15) is 0 Å². The first-order valence-electron chi connectivity index (χ1n) is 20.2. The van der Waals surface area contributed by atoms with Crippen LogP contribution < -0.4 is 0 Å². The Morgan fingerprint density at radius 3 is 0.837 bits per heavy atom. The molecule has 0 saturated carbocycles. The quantitative estimate of drug-likeness (QED) is 0.0263. The molecule has 0 spiro atoms. The summed E-state index contributed by atoms with van der Waals surface area (Å²) in [6.07, 6.45) is 30.6. The Morgan fingerprint density at radius 1 is 0.367 bits per heavy atom. The average Bonchev–Trinajstić information content (AvgIpc) is 3.09. The van der Waals surface area contributed by atoms with E-state index in [2.05, 4.69) is 20.8 Å². The molecular weight excluding hydrogens is 692 g/mol. The van der Waals surface area contributed by atoms with Crippen LogP contribution >= 0.6 is 39.7 Å². The predicted octanol–water partition coefficient (Wildman–Crippen LogP) is 13.6. The van der Waals surface area contributed by atoms with Crippen LogP contribution in [0.1, 0.15) is 194 Å². The van der Waals surface area contributed by atoms with Gasteiger partial charge in [-0.15, -0.1) is 34.1 Å². The van der Waals surface area contributed by atoms with Gasteiger partial charge < -0.3 is 14.2 Å². The minimum Gasteiger partial charge on any atom is -0.466 e. The molecule has 0 aliphatic carbocycles. The first kappa shape index (κ1) is 48.9. The standard InChI is InChI=1S/C39H75O6PS3/c1-4-7-10-13-16-19-22-25-31-43-37(40)28-34-47-46(48-35-29-38(41)44-32-26-23-20-17-14-11-8-5-2)49-36-30-39(42)45-33-27-24-21-18-15-12-9-6-3/h4-36H2,1-3H3. The Labute approximate surface area is 316 Å². The number of hydrogen-bond donors (Lipinski definition) is 0. The van der Waals surface area contributed by atoms with Gasteiger partial charge in [-0.25, -0.2) is 0 Å². The second-order valence-electron chi connectivity index (χ2n) is 13.1. The molecule has 0 aromatic carbocycles. The highest BCUT2D eigenvalue weighted by atomic mass is 33.4. The molecule has 0 atom stereocenters. The Bertz CT molecular complexity index is 650. The van der Waals surface area contributed by atoms with Crippen molar-refractivity contribution in [2.24, 2.45) is 0 Å². The van der Waals surface area contributed by atoms with Crippen molar-refractivity contribution in [2.45, 2.75) is 194 Å². The molecule has 0 fully saturated rings. The number of rotatable bonds is 39. The molecule has 10 heteroatoms. The third-order valence-corrected chi connectivity index (χ3v) is 19.3. The van der Waals surface area contributed by atoms with E-state index >= 15 is 0 Å². The molecule has 0 saturated heterocycles. The lowest BCUT2D eigenvalue weighted by Crippen LogP contribution is -2.07. The van der Waals surface area contributed by atoms with Gasteiger partial charge in [0.2, 0.25) is 0 Å². The van der Waals surface area contributed by atoms with Crippen LogP contribution in [0, 0.1) is 0 Å². The molecule has 0 N–H and O–H groups in total. The van der Waals surface area contributed by atoms with Crippen molar-refractivity contribution in [1.29, 1.82) is 0 Å². The number of carbonyl (C=O) groups excluding carboxylic acids is 3. The van der Waals surface area contributed by atoms with Crippen LogP contribution in [0.5, 0.6) is 0 Å². The summed E-state index contributed by atoms with van der Waals surface area (Å²) in [6, 6.07) is 0. The van der Waals surface area contributed by atoms with E-state index in [1.807, 2.05) is 0 Å². The zero-order valence-electron chi connectivity index (χ0n) is 32.0. The van der Waals surface area contributed by atoms with E-state index in [4.69, 9.17) is 14.2 Å². The van der Waals surface area contributed by atoms with Crippen molar-refractivity contribution in [1.82, 2.24) is 0 Å². The largest absolute Gasteiger partial charge is 0.466 e. The Balaban J connectivity index is 4.29. The second kappa shape index (κ2) is 40.7. The van der Waals surface area contributed by atoms with Crippen LogP contribution in [0.4, 0.5) is 0 Å². The molecule has 0 amide bonds. The van der Waals surface area contributed by atoms with Crippen molar-refractivity contribution >= 4 is 57.6 Å².